The van der Waals surface area contributed by atoms with Gasteiger partial charge in [-0.1, -0.05) is 12.2 Å². The Hall–Kier alpha value is -0.720. The van der Waals surface area contributed by atoms with E-state index in [4.69, 9.17) is 23.1 Å². The highest BCUT2D eigenvalue weighted by Gasteiger charge is 2.34. The minimum absolute atomic E-state index is 0.298. The Labute approximate surface area is 108 Å². The third-order valence-electron chi connectivity index (χ3n) is 3.61. The molecule has 0 spiro atoms. The summed E-state index contributed by atoms with van der Waals surface area (Å²) in [7, 11) is 0. The van der Waals surface area contributed by atoms with Crippen molar-refractivity contribution < 1.29 is 9.90 Å². The molecule has 6 heteroatoms. The second-order valence-electron chi connectivity index (χ2n) is 4.96. The molecule has 0 radical (unpaired) electrons. The fourth-order valence-corrected chi connectivity index (χ4v) is 2.11. The number of carboxylic acids is 1. The molecule has 0 bridgehead atoms. The smallest absolute Gasteiger partial charge is 0.320 e. The molecule has 1 heterocycles. The van der Waals surface area contributed by atoms with Crippen LogP contribution in [0.25, 0.3) is 0 Å². The lowest BCUT2D eigenvalue weighted by Gasteiger charge is -2.44. The van der Waals surface area contributed by atoms with Gasteiger partial charge in [-0.05, 0) is 20.8 Å². The zero-order valence-corrected chi connectivity index (χ0v) is 11.5. The van der Waals surface area contributed by atoms with E-state index in [2.05, 4.69) is 4.90 Å². The molecule has 0 aromatic heterocycles. The van der Waals surface area contributed by atoms with Crippen LogP contribution in [0.5, 0.6) is 0 Å². The standard InChI is InChI=1S/C11H21N3O2S/c1-8(9(15)16)13-4-6-14(7-5-13)11(2,3)10(12)17/h8H,4-7H2,1-3H3,(H2,12,17)(H,15,16). The highest BCUT2D eigenvalue weighted by atomic mass is 32.1. The summed E-state index contributed by atoms with van der Waals surface area (Å²) in [6.45, 7) is 8.79. The fraction of sp³-hybridized carbons (Fsp3) is 0.818. The van der Waals surface area contributed by atoms with Crippen LogP contribution in [-0.2, 0) is 4.79 Å². The number of hydrogen-bond acceptors (Lipinski definition) is 4. The maximum Gasteiger partial charge on any atom is 0.320 e. The predicted molar refractivity (Wildman–Crippen MR) is 71.1 cm³/mol. The maximum atomic E-state index is 10.9. The number of piperazine rings is 1. The quantitative estimate of drug-likeness (QED) is 0.700. The molecule has 1 aliphatic rings. The molecule has 0 aromatic rings. The average molecular weight is 259 g/mol. The van der Waals surface area contributed by atoms with E-state index < -0.39 is 12.0 Å². The van der Waals surface area contributed by atoms with Crippen molar-refractivity contribution in [1.29, 1.82) is 0 Å². The van der Waals surface area contributed by atoms with E-state index in [9.17, 15) is 4.79 Å². The van der Waals surface area contributed by atoms with E-state index in [1.165, 1.54) is 0 Å². The van der Waals surface area contributed by atoms with Crippen LogP contribution < -0.4 is 5.73 Å². The number of hydrogen-bond donors (Lipinski definition) is 2. The molecule has 17 heavy (non-hydrogen) atoms. The van der Waals surface area contributed by atoms with E-state index in [1.807, 2.05) is 18.7 Å². The summed E-state index contributed by atoms with van der Waals surface area (Å²) >= 11 is 5.06. The van der Waals surface area contributed by atoms with Crippen LogP contribution in [0.3, 0.4) is 0 Å². The molecule has 1 atom stereocenters. The van der Waals surface area contributed by atoms with Gasteiger partial charge in [0, 0.05) is 26.2 Å². The SMILES string of the molecule is CC(C(=O)O)N1CCN(C(C)(C)C(N)=S)CC1. The van der Waals surface area contributed by atoms with Gasteiger partial charge in [0.1, 0.15) is 6.04 Å². The monoisotopic (exact) mass is 259 g/mol. The molecule has 1 unspecified atom stereocenters. The summed E-state index contributed by atoms with van der Waals surface area (Å²) in [6, 6.07) is -0.426. The zero-order chi connectivity index (χ0) is 13.2. The van der Waals surface area contributed by atoms with E-state index in [0.717, 1.165) is 26.2 Å². The van der Waals surface area contributed by atoms with E-state index in [1.54, 1.807) is 6.92 Å². The summed E-state index contributed by atoms with van der Waals surface area (Å²) < 4.78 is 0. The number of rotatable bonds is 4. The number of carbonyl (C=O) groups is 1. The van der Waals surface area contributed by atoms with Gasteiger partial charge in [-0.3, -0.25) is 14.6 Å². The predicted octanol–water partition coefficient (Wildman–Crippen LogP) is 0.142. The largest absolute Gasteiger partial charge is 0.480 e. The normalized spacial score (nSPS) is 21.1. The molecule has 1 rings (SSSR count). The molecule has 0 aromatic carbocycles. The van der Waals surface area contributed by atoms with E-state index in [0.29, 0.717) is 4.99 Å². The van der Waals surface area contributed by atoms with Gasteiger partial charge in [-0.15, -0.1) is 0 Å². The second-order valence-corrected chi connectivity index (χ2v) is 5.40. The second kappa shape index (κ2) is 5.29. The average Bonchev–Trinajstić information content (AvgIpc) is 2.27. The van der Waals surface area contributed by atoms with Gasteiger partial charge < -0.3 is 10.8 Å². The van der Waals surface area contributed by atoms with Crippen LogP contribution >= 0.6 is 12.2 Å². The van der Waals surface area contributed by atoms with E-state index >= 15 is 0 Å². The lowest BCUT2D eigenvalue weighted by atomic mass is 10.0. The van der Waals surface area contributed by atoms with Crippen LogP contribution in [0.2, 0.25) is 0 Å². The molecule has 98 valence electrons. The van der Waals surface area contributed by atoms with Crippen molar-refractivity contribution in [3.63, 3.8) is 0 Å². The Morgan fingerprint density at radius 2 is 1.82 bits per heavy atom. The Morgan fingerprint density at radius 3 is 2.18 bits per heavy atom. The maximum absolute atomic E-state index is 10.9. The molecule has 0 aliphatic carbocycles. The van der Waals surface area contributed by atoms with Gasteiger partial charge in [0.05, 0.1) is 10.5 Å². The number of nitrogens with zero attached hydrogens (tertiary/aromatic N) is 2. The first kappa shape index (κ1) is 14.3. The third kappa shape index (κ3) is 3.14. The highest BCUT2D eigenvalue weighted by molar-refractivity contribution is 7.80. The summed E-state index contributed by atoms with van der Waals surface area (Å²) in [5.74, 6) is -0.771. The van der Waals surface area contributed by atoms with Crippen molar-refractivity contribution in [2.24, 2.45) is 5.73 Å². The van der Waals surface area contributed by atoms with Crippen LogP contribution in [0, 0.1) is 0 Å². The van der Waals surface area contributed by atoms with Crippen LogP contribution in [0.15, 0.2) is 0 Å². The summed E-state index contributed by atoms with van der Waals surface area (Å²) in [5, 5.41) is 8.95. The first-order valence-electron chi connectivity index (χ1n) is 5.78. The highest BCUT2D eigenvalue weighted by Crippen LogP contribution is 2.18. The molecular weight excluding hydrogens is 238 g/mol. The van der Waals surface area contributed by atoms with Crippen molar-refractivity contribution >= 4 is 23.2 Å². The molecule has 3 N–H and O–H groups in total. The summed E-state index contributed by atoms with van der Waals surface area (Å²) in [6.07, 6.45) is 0. The number of aliphatic carboxylic acids is 1. The van der Waals surface area contributed by atoms with Crippen molar-refractivity contribution in [3.8, 4) is 0 Å². The first-order valence-corrected chi connectivity index (χ1v) is 6.19. The Balaban J connectivity index is 2.57. The van der Waals surface area contributed by atoms with Crippen molar-refractivity contribution in [1.82, 2.24) is 9.80 Å². The van der Waals surface area contributed by atoms with Crippen molar-refractivity contribution in [3.05, 3.63) is 0 Å². The molecule has 5 nitrogen and oxygen atoms in total. The summed E-state index contributed by atoms with van der Waals surface area (Å²) in [4.78, 5) is 15.5. The number of thiocarbonyl (C=S) groups is 1. The molecule has 0 amide bonds. The molecule has 1 saturated heterocycles. The van der Waals surface area contributed by atoms with Crippen LogP contribution in [-0.4, -0.2) is 63.6 Å². The van der Waals surface area contributed by atoms with E-state index in [-0.39, 0.29) is 5.54 Å². The van der Waals surface area contributed by atoms with Gasteiger partial charge in [-0.25, -0.2) is 0 Å². The van der Waals surface area contributed by atoms with Gasteiger partial charge >= 0.3 is 5.97 Å². The van der Waals surface area contributed by atoms with Gasteiger partial charge in [0.2, 0.25) is 0 Å². The Bertz CT molecular complexity index is 312. The van der Waals surface area contributed by atoms with Gasteiger partial charge in [-0.2, -0.15) is 0 Å². The molecule has 0 saturated carbocycles. The fourth-order valence-electron chi connectivity index (χ4n) is 1.98. The van der Waals surface area contributed by atoms with Crippen molar-refractivity contribution in [2.75, 3.05) is 26.2 Å². The zero-order valence-electron chi connectivity index (χ0n) is 10.6. The van der Waals surface area contributed by atoms with Crippen LogP contribution in [0.4, 0.5) is 0 Å². The minimum Gasteiger partial charge on any atom is -0.480 e. The lowest BCUT2D eigenvalue weighted by Crippen LogP contribution is -2.60. The number of nitrogens with two attached hydrogens (primary N) is 1. The lowest BCUT2D eigenvalue weighted by molar-refractivity contribution is -0.143. The Kier molecular flexibility index (Phi) is 4.46. The van der Waals surface area contributed by atoms with Crippen molar-refractivity contribution in [2.45, 2.75) is 32.4 Å². The first-order chi connectivity index (χ1) is 7.76. The molecule has 1 aliphatic heterocycles. The molecular formula is C11H21N3O2S. The molecule has 1 fully saturated rings. The third-order valence-corrected chi connectivity index (χ3v) is 4.11. The minimum atomic E-state index is -0.771. The van der Waals surface area contributed by atoms with Gasteiger partial charge in [0.25, 0.3) is 0 Å². The Morgan fingerprint density at radius 1 is 1.35 bits per heavy atom. The summed E-state index contributed by atoms with van der Waals surface area (Å²) in [5.41, 5.74) is 5.43. The van der Waals surface area contributed by atoms with Crippen LogP contribution in [0.1, 0.15) is 20.8 Å². The topological polar surface area (TPSA) is 69.8 Å². The van der Waals surface area contributed by atoms with Gasteiger partial charge in [0.15, 0.2) is 0 Å². The number of carboxylic acid groups (broad SMARTS) is 1.